The van der Waals surface area contributed by atoms with Crippen LogP contribution in [0.3, 0.4) is 0 Å². The van der Waals surface area contributed by atoms with Crippen LogP contribution >= 0.6 is 0 Å². The predicted molar refractivity (Wildman–Crippen MR) is 94.0 cm³/mol. The zero-order valence-corrected chi connectivity index (χ0v) is 14.6. The van der Waals surface area contributed by atoms with Gasteiger partial charge in [0.25, 0.3) is 0 Å². The van der Waals surface area contributed by atoms with Gasteiger partial charge in [0, 0.05) is 37.0 Å². The fourth-order valence-electron chi connectivity index (χ4n) is 2.84. The summed E-state index contributed by atoms with van der Waals surface area (Å²) in [6, 6.07) is 3.89. The highest BCUT2D eigenvalue weighted by Crippen LogP contribution is 2.34. The number of nitrogens with zero attached hydrogens (tertiary/aromatic N) is 2. The van der Waals surface area contributed by atoms with Crippen molar-refractivity contribution in [2.45, 2.75) is 13.0 Å². The van der Waals surface area contributed by atoms with Gasteiger partial charge in [0.2, 0.25) is 0 Å². The SMILES string of the molecule is COc1cc2c(cc1OCCCN1CCS(=O)(=O)CC1)NC=NC2. The van der Waals surface area contributed by atoms with E-state index in [-0.39, 0.29) is 11.5 Å². The number of hydrogen-bond donors (Lipinski definition) is 1. The fraction of sp³-hybridized carbons (Fsp3) is 0.562. The molecule has 3 rings (SSSR count). The molecule has 8 heteroatoms. The Morgan fingerprint density at radius 3 is 2.79 bits per heavy atom. The monoisotopic (exact) mass is 353 g/mol. The molecular formula is C16H23N3O4S. The molecule has 2 heterocycles. The molecule has 24 heavy (non-hydrogen) atoms. The minimum atomic E-state index is -2.81. The van der Waals surface area contributed by atoms with Crippen molar-refractivity contribution in [2.24, 2.45) is 4.99 Å². The molecule has 0 aliphatic carbocycles. The van der Waals surface area contributed by atoms with Crippen molar-refractivity contribution < 1.29 is 17.9 Å². The van der Waals surface area contributed by atoms with E-state index in [1.54, 1.807) is 13.4 Å². The summed E-state index contributed by atoms with van der Waals surface area (Å²) in [6.45, 7) is 3.28. The number of fused-ring (bicyclic) bond motifs is 1. The van der Waals surface area contributed by atoms with Crippen LogP contribution in [0, 0.1) is 0 Å². The molecule has 0 atom stereocenters. The molecule has 0 amide bonds. The van der Waals surface area contributed by atoms with Gasteiger partial charge < -0.3 is 19.7 Å². The molecule has 0 bridgehead atoms. The zero-order valence-electron chi connectivity index (χ0n) is 13.8. The average Bonchev–Trinajstić information content (AvgIpc) is 2.59. The third-order valence-electron chi connectivity index (χ3n) is 4.28. The first kappa shape index (κ1) is 17.0. The second-order valence-corrected chi connectivity index (χ2v) is 8.27. The van der Waals surface area contributed by atoms with Crippen molar-refractivity contribution in [2.75, 3.05) is 50.2 Å². The van der Waals surface area contributed by atoms with Crippen LogP contribution in [-0.2, 0) is 16.4 Å². The van der Waals surface area contributed by atoms with Crippen molar-refractivity contribution in [3.05, 3.63) is 17.7 Å². The Kier molecular flexibility index (Phi) is 5.25. The molecule has 1 aromatic rings. The van der Waals surface area contributed by atoms with E-state index in [2.05, 4.69) is 15.2 Å². The Hall–Kier alpha value is -1.80. The normalized spacial score (nSPS) is 19.4. The molecule has 1 N–H and O–H groups in total. The van der Waals surface area contributed by atoms with Crippen molar-refractivity contribution in [3.63, 3.8) is 0 Å². The third-order valence-corrected chi connectivity index (χ3v) is 5.88. The van der Waals surface area contributed by atoms with Crippen LogP contribution in [0.1, 0.15) is 12.0 Å². The lowest BCUT2D eigenvalue weighted by Gasteiger charge is -2.26. The van der Waals surface area contributed by atoms with Gasteiger partial charge in [0.15, 0.2) is 21.3 Å². The molecule has 1 fully saturated rings. The smallest absolute Gasteiger partial charge is 0.163 e. The molecule has 0 saturated carbocycles. The molecule has 2 aliphatic heterocycles. The van der Waals surface area contributed by atoms with Crippen molar-refractivity contribution in [1.82, 2.24) is 4.90 Å². The number of benzene rings is 1. The minimum Gasteiger partial charge on any atom is -0.493 e. The first-order chi connectivity index (χ1) is 11.6. The van der Waals surface area contributed by atoms with E-state index >= 15 is 0 Å². The topological polar surface area (TPSA) is 80.2 Å². The third kappa shape index (κ3) is 4.18. The van der Waals surface area contributed by atoms with E-state index < -0.39 is 9.84 Å². The maximum Gasteiger partial charge on any atom is 0.163 e. The first-order valence-electron chi connectivity index (χ1n) is 8.09. The number of rotatable bonds is 6. The predicted octanol–water partition coefficient (Wildman–Crippen LogP) is 1.15. The molecule has 0 radical (unpaired) electrons. The quantitative estimate of drug-likeness (QED) is 0.773. The highest BCUT2D eigenvalue weighted by atomic mass is 32.2. The fourth-order valence-corrected chi connectivity index (χ4v) is 4.12. The summed E-state index contributed by atoms with van der Waals surface area (Å²) in [6.07, 6.45) is 2.53. The molecule has 0 spiro atoms. The van der Waals surface area contributed by atoms with Crippen LogP contribution in [0.25, 0.3) is 0 Å². The van der Waals surface area contributed by atoms with Gasteiger partial charge in [-0.05, 0) is 12.5 Å². The van der Waals surface area contributed by atoms with Gasteiger partial charge in [-0.25, -0.2) is 8.42 Å². The minimum absolute atomic E-state index is 0.264. The number of methoxy groups -OCH3 is 1. The average molecular weight is 353 g/mol. The van der Waals surface area contributed by atoms with Crippen LogP contribution in [0.15, 0.2) is 17.1 Å². The van der Waals surface area contributed by atoms with E-state index in [4.69, 9.17) is 9.47 Å². The number of hydrogen-bond acceptors (Lipinski definition) is 7. The number of nitrogens with one attached hydrogen (secondary N) is 1. The summed E-state index contributed by atoms with van der Waals surface area (Å²) < 4.78 is 34.1. The first-order valence-corrected chi connectivity index (χ1v) is 9.91. The van der Waals surface area contributed by atoms with Gasteiger partial charge in [-0.15, -0.1) is 0 Å². The number of aliphatic imine (C=N–C) groups is 1. The van der Waals surface area contributed by atoms with Gasteiger partial charge in [0.1, 0.15) is 0 Å². The van der Waals surface area contributed by atoms with Gasteiger partial charge in [-0.3, -0.25) is 4.99 Å². The number of sulfone groups is 1. The summed E-state index contributed by atoms with van der Waals surface area (Å²) in [5.74, 6) is 1.94. The lowest BCUT2D eigenvalue weighted by atomic mass is 10.1. The van der Waals surface area contributed by atoms with Crippen LogP contribution < -0.4 is 14.8 Å². The second kappa shape index (κ2) is 7.40. The summed E-state index contributed by atoms with van der Waals surface area (Å²) in [5.41, 5.74) is 2.07. The van der Waals surface area contributed by atoms with E-state index in [1.807, 2.05) is 12.1 Å². The standard InChI is InChI=1S/C16H23N3O4S/c1-22-15-9-13-11-17-12-18-14(13)10-16(15)23-6-2-3-19-4-7-24(20,21)8-5-19/h9-10,12H,2-8,11H2,1H3,(H,17,18). The molecule has 132 valence electrons. The summed E-state index contributed by atoms with van der Waals surface area (Å²) >= 11 is 0. The molecule has 7 nitrogen and oxygen atoms in total. The highest BCUT2D eigenvalue weighted by Gasteiger charge is 2.21. The van der Waals surface area contributed by atoms with Gasteiger partial charge in [-0.2, -0.15) is 0 Å². The Morgan fingerprint density at radius 2 is 2.04 bits per heavy atom. The molecule has 2 aliphatic rings. The van der Waals surface area contributed by atoms with E-state index in [9.17, 15) is 8.42 Å². The second-order valence-electron chi connectivity index (χ2n) is 5.97. The van der Waals surface area contributed by atoms with Gasteiger partial charge in [-0.1, -0.05) is 0 Å². The number of ether oxygens (including phenoxy) is 2. The Labute approximate surface area is 142 Å². The van der Waals surface area contributed by atoms with E-state index in [0.717, 1.165) is 24.2 Å². The molecule has 0 aromatic heterocycles. The molecular weight excluding hydrogens is 330 g/mol. The van der Waals surface area contributed by atoms with Crippen molar-refractivity contribution in [3.8, 4) is 11.5 Å². The lowest BCUT2D eigenvalue weighted by Crippen LogP contribution is -2.40. The molecule has 1 aromatic carbocycles. The van der Waals surface area contributed by atoms with Crippen molar-refractivity contribution >= 4 is 21.9 Å². The maximum absolute atomic E-state index is 11.4. The van der Waals surface area contributed by atoms with Crippen LogP contribution in [0.4, 0.5) is 5.69 Å². The zero-order chi connectivity index (χ0) is 17.0. The summed E-state index contributed by atoms with van der Waals surface area (Å²) in [7, 11) is -1.19. The largest absolute Gasteiger partial charge is 0.493 e. The van der Waals surface area contributed by atoms with Gasteiger partial charge >= 0.3 is 0 Å². The van der Waals surface area contributed by atoms with E-state index in [1.165, 1.54) is 0 Å². The van der Waals surface area contributed by atoms with E-state index in [0.29, 0.717) is 37.7 Å². The Bertz CT molecular complexity index is 704. The highest BCUT2D eigenvalue weighted by molar-refractivity contribution is 7.91. The lowest BCUT2D eigenvalue weighted by molar-refractivity contribution is 0.240. The van der Waals surface area contributed by atoms with Crippen LogP contribution in [-0.4, -0.2) is 64.5 Å². The molecule has 0 unspecified atom stereocenters. The van der Waals surface area contributed by atoms with Crippen molar-refractivity contribution in [1.29, 1.82) is 0 Å². The van der Waals surface area contributed by atoms with Crippen LogP contribution in [0.5, 0.6) is 11.5 Å². The summed E-state index contributed by atoms with van der Waals surface area (Å²) in [5, 5.41) is 3.11. The Balaban J connectivity index is 1.50. The van der Waals surface area contributed by atoms with Crippen LogP contribution in [0.2, 0.25) is 0 Å². The summed E-state index contributed by atoms with van der Waals surface area (Å²) in [4.78, 5) is 6.35. The van der Waals surface area contributed by atoms with Gasteiger partial charge in [0.05, 0.1) is 38.1 Å². The Morgan fingerprint density at radius 1 is 1.25 bits per heavy atom. The number of anilines is 1. The molecule has 1 saturated heterocycles. The maximum atomic E-state index is 11.4.